The molecule has 2 unspecified atom stereocenters. The highest BCUT2D eigenvalue weighted by atomic mass is 16.6. The zero-order valence-electron chi connectivity index (χ0n) is 26.3. The summed E-state index contributed by atoms with van der Waals surface area (Å²) in [5, 5.41) is 0. The number of esters is 1. The van der Waals surface area contributed by atoms with E-state index in [9.17, 15) is 4.79 Å². The molecule has 4 nitrogen and oxygen atoms in total. The summed E-state index contributed by atoms with van der Waals surface area (Å²) in [6.45, 7) is 7.34. The minimum absolute atomic E-state index is 0.153. The molecule has 4 heteroatoms. The summed E-state index contributed by atoms with van der Waals surface area (Å²) in [5.41, 5.74) is 2.54. The van der Waals surface area contributed by atoms with Crippen LogP contribution >= 0.6 is 0 Å². The second-order valence-electron chi connectivity index (χ2n) is 12.2. The number of quaternary nitrogens is 1. The molecule has 0 aliphatic rings. The van der Waals surface area contributed by atoms with Crippen molar-refractivity contribution in [3.63, 3.8) is 0 Å². The molecule has 0 bridgehead atoms. The van der Waals surface area contributed by atoms with Crippen molar-refractivity contribution in [2.75, 3.05) is 20.7 Å². The van der Waals surface area contributed by atoms with Gasteiger partial charge in [-0.05, 0) is 37.5 Å². The van der Waals surface area contributed by atoms with Gasteiger partial charge in [0, 0.05) is 12.0 Å². The average molecular weight is 553 g/mol. The van der Waals surface area contributed by atoms with E-state index in [1.165, 1.54) is 88.2 Å². The van der Waals surface area contributed by atoms with Gasteiger partial charge in [0.15, 0.2) is 6.04 Å². The van der Waals surface area contributed by atoms with E-state index in [1.54, 1.807) is 0 Å². The Morgan fingerprint density at radius 2 is 1.32 bits per heavy atom. The minimum atomic E-state index is -0.216. The summed E-state index contributed by atoms with van der Waals surface area (Å²) >= 11 is 0. The van der Waals surface area contributed by atoms with E-state index in [-0.39, 0.29) is 24.7 Å². The first kappa shape index (κ1) is 33.9. The van der Waals surface area contributed by atoms with Gasteiger partial charge < -0.3 is 14.0 Å². The average Bonchev–Trinajstić information content (AvgIpc) is 2.93. The van der Waals surface area contributed by atoms with Crippen LogP contribution in [0.5, 0.6) is 5.75 Å². The molecule has 0 aromatic heterocycles. The summed E-state index contributed by atoms with van der Waals surface area (Å²) in [4.78, 5) is 13.0. The molecule has 0 saturated heterocycles. The number of ether oxygens (including phenoxy) is 2. The van der Waals surface area contributed by atoms with Gasteiger partial charge in [-0.25, -0.2) is 4.79 Å². The number of rotatable bonds is 22. The smallest absolute Gasteiger partial charge is 0.365 e. The van der Waals surface area contributed by atoms with Gasteiger partial charge in [0.2, 0.25) is 0 Å². The molecule has 2 atom stereocenters. The van der Waals surface area contributed by atoms with Gasteiger partial charge in [0.05, 0.1) is 14.1 Å². The molecular weight excluding hydrogens is 494 g/mol. The Balaban J connectivity index is 1.65. The van der Waals surface area contributed by atoms with Crippen molar-refractivity contribution < 1.29 is 18.8 Å². The quantitative estimate of drug-likeness (QED) is 0.0829. The van der Waals surface area contributed by atoms with Gasteiger partial charge in [-0.15, -0.1) is 0 Å². The second-order valence-corrected chi connectivity index (χ2v) is 12.2. The lowest BCUT2D eigenvalue weighted by Gasteiger charge is -2.36. The number of hydrogen-bond acceptors (Lipinski definition) is 3. The molecule has 0 fully saturated rings. The highest BCUT2D eigenvalue weighted by Gasteiger charge is 2.35. The van der Waals surface area contributed by atoms with E-state index >= 15 is 0 Å². The maximum absolute atomic E-state index is 13.0. The normalized spacial score (nSPS) is 13.1. The minimum Gasteiger partial charge on any atom is -0.487 e. The van der Waals surface area contributed by atoms with Crippen molar-refractivity contribution in [2.45, 2.75) is 129 Å². The number of carbonyl (C=O) groups excluding carboxylic acids is 1. The highest BCUT2D eigenvalue weighted by Crippen LogP contribution is 2.20. The maximum Gasteiger partial charge on any atom is 0.365 e. The molecule has 2 aromatic carbocycles. The van der Waals surface area contributed by atoms with Crippen LogP contribution in [0.1, 0.15) is 115 Å². The molecule has 0 heterocycles. The van der Waals surface area contributed by atoms with Crippen molar-refractivity contribution in [1.29, 1.82) is 0 Å². The van der Waals surface area contributed by atoms with Crippen molar-refractivity contribution in [2.24, 2.45) is 0 Å². The van der Waals surface area contributed by atoms with E-state index in [0.717, 1.165) is 25.1 Å². The number of benzene rings is 2. The van der Waals surface area contributed by atoms with Crippen LogP contribution in [-0.4, -0.2) is 43.3 Å². The number of hydrogen-bond donors (Lipinski definition) is 0. The van der Waals surface area contributed by atoms with Crippen LogP contribution in [0.25, 0.3) is 0 Å². The molecule has 0 amide bonds. The summed E-state index contributed by atoms with van der Waals surface area (Å²) < 4.78 is 12.4. The zero-order chi connectivity index (χ0) is 29.1. The van der Waals surface area contributed by atoms with E-state index in [0.29, 0.717) is 4.48 Å². The van der Waals surface area contributed by atoms with Crippen LogP contribution in [0.2, 0.25) is 0 Å². The molecule has 0 spiro atoms. The Morgan fingerprint density at radius 3 is 1.93 bits per heavy atom. The van der Waals surface area contributed by atoms with Crippen molar-refractivity contribution >= 4 is 5.97 Å². The van der Waals surface area contributed by atoms with E-state index < -0.39 is 0 Å². The van der Waals surface area contributed by atoms with Crippen molar-refractivity contribution in [3.8, 4) is 5.75 Å². The fourth-order valence-corrected chi connectivity index (χ4v) is 5.62. The summed E-state index contributed by atoms with van der Waals surface area (Å²) in [6.07, 6.45) is 18.1. The Morgan fingerprint density at radius 1 is 0.750 bits per heavy atom. The Labute approximate surface area is 246 Å². The monoisotopic (exact) mass is 552 g/mol. The van der Waals surface area contributed by atoms with Gasteiger partial charge in [-0.2, -0.15) is 0 Å². The van der Waals surface area contributed by atoms with Gasteiger partial charge >= 0.3 is 5.97 Å². The van der Waals surface area contributed by atoms with E-state index in [2.05, 4.69) is 58.3 Å². The molecule has 0 N–H and O–H groups in total. The number of aryl methyl sites for hydroxylation is 1. The highest BCUT2D eigenvalue weighted by molar-refractivity contribution is 5.74. The summed E-state index contributed by atoms with van der Waals surface area (Å²) in [5.74, 6) is 0.701. The predicted molar refractivity (Wildman–Crippen MR) is 169 cm³/mol. The van der Waals surface area contributed by atoms with Crippen LogP contribution < -0.4 is 4.74 Å². The largest absolute Gasteiger partial charge is 0.487 e. The molecule has 2 aromatic rings. The third-order valence-electron chi connectivity index (χ3n) is 7.95. The molecule has 2 rings (SSSR count). The fourth-order valence-electron chi connectivity index (χ4n) is 5.62. The van der Waals surface area contributed by atoms with Crippen LogP contribution in [0.4, 0.5) is 0 Å². The number of nitrogens with zero attached hydrogens (tertiary/aromatic N) is 1. The topological polar surface area (TPSA) is 35.5 Å². The standard InChI is InChI=1S/C36H58NO3/c1-6-8-9-10-11-12-13-14-15-16-17-19-23-32-26-22-27-34(28-32)40-31(3)30-39-36(38)35(7-2)37(4,5)29-33-24-20-18-21-25-33/h18,20-22,24-28,31,35H,6-17,19,23,29-30H2,1-5H3/q+1. The van der Waals surface area contributed by atoms with Gasteiger partial charge in [-0.1, -0.05) is 127 Å². The second kappa shape index (κ2) is 19.7. The maximum atomic E-state index is 13.0. The third-order valence-corrected chi connectivity index (χ3v) is 7.95. The lowest BCUT2D eigenvalue weighted by atomic mass is 10.0. The summed E-state index contributed by atoms with van der Waals surface area (Å²) in [7, 11) is 4.20. The van der Waals surface area contributed by atoms with Crippen molar-refractivity contribution in [1.82, 2.24) is 0 Å². The van der Waals surface area contributed by atoms with Gasteiger partial charge in [0.1, 0.15) is 25.0 Å². The Bertz CT molecular complexity index is 927. The molecule has 0 radical (unpaired) electrons. The van der Waals surface area contributed by atoms with Crippen LogP contribution in [-0.2, 0) is 22.5 Å². The first-order valence-electron chi connectivity index (χ1n) is 16.1. The lowest BCUT2D eigenvalue weighted by Crippen LogP contribution is -2.52. The van der Waals surface area contributed by atoms with Crippen molar-refractivity contribution in [3.05, 3.63) is 65.7 Å². The van der Waals surface area contributed by atoms with Gasteiger partial charge in [-0.3, -0.25) is 0 Å². The Hall–Kier alpha value is -2.33. The molecule has 224 valence electrons. The van der Waals surface area contributed by atoms with Crippen LogP contribution in [0.15, 0.2) is 54.6 Å². The number of unbranched alkanes of at least 4 members (excludes halogenated alkanes) is 11. The molecule has 40 heavy (non-hydrogen) atoms. The Kier molecular flexibility index (Phi) is 16.7. The number of likely N-dealkylation sites (N-methyl/N-ethyl adjacent to an activating group) is 1. The first-order valence-corrected chi connectivity index (χ1v) is 16.1. The molecular formula is C36H58NO3+. The molecule has 0 aliphatic carbocycles. The number of carbonyl (C=O) groups is 1. The van der Waals surface area contributed by atoms with Crippen LogP contribution in [0, 0.1) is 0 Å². The zero-order valence-corrected chi connectivity index (χ0v) is 26.3. The lowest BCUT2D eigenvalue weighted by molar-refractivity contribution is -0.919. The third kappa shape index (κ3) is 13.8. The van der Waals surface area contributed by atoms with E-state index in [4.69, 9.17) is 9.47 Å². The first-order chi connectivity index (χ1) is 19.4. The fraction of sp³-hybridized carbons (Fsp3) is 0.639. The predicted octanol–water partition coefficient (Wildman–Crippen LogP) is 9.30. The SMILES string of the molecule is CCCCCCCCCCCCCCc1cccc(OC(C)COC(=O)C(CC)[N+](C)(C)Cc2ccccc2)c1. The van der Waals surface area contributed by atoms with E-state index in [1.807, 2.05) is 31.2 Å². The molecule has 0 aliphatic heterocycles. The summed E-state index contributed by atoms with van der Waals surface area (Å²) in [6, 6.07) is 18.5. The van der Waals surface area contributed by atoms with Crippen LogP contribution in [0.3, 0.4) is 0 Å². The van der Waals surface area contributed by atoms with Gasteiger partial charge in [0.25, 0.3) is 0 Å². The molecule has 0 saturated carbocycles.